The molecule has 2 aromatic rings. The molecule has 0 saturated heterocycles. The Morgan fingerprint density at radius 3 is 1.91 bits per heavy atom. The monoisotopic (exact) mass is 292 g/mol. The fourth-order valence-corrected chi connectivity index (χ4v) is 2.84. The Morgan fingerprint density at radius 1 is 0.955 bits per heavy atom. The molecule has 0 spiro atoms. The number of nitrogens with zero attached hydrogens (tertiary/aromatic N) is 2. The first kappa shape index (κ1) is 14.2. The standard InChI is InChI=1S/C18H16N2O2/c1-13-16(17(21)22-2)18(20-19-13,14-9-5-3-6-10-14)15-11-7-4-8-12-15/h3-12H,1-2H3. The minimum atomic E-state index is -0.945. The maximum atomic E-state index is 12.4. The summed E-state index contributed by atoms with van der Waals surface area (Å²) in [5.41, 5.74) is 1.89. The Bertz CT molecular complexity index is 710. The normalized spacial score (nSPS) is 15.9. The van der Waals surface area contributed by atoms with E-state index in [1.54, 1.807) is 6.92 Å². The van der Waals surface area contributed by atoms with E-state index in [-0.39, 0.29) is 0 Å². The number of methoxy groups -OCH3 is 1. The molecule has 3 rings (SSSR count). The first-order chi connectivity index (χ1) is 10.7. The predicted octanol–water partition coefficient (Wildman–Crippen LogP) is 3.84. The number of benzene rings is 2. The van der Waals surface area contributed by atoms with Crippen molar-refractivity contribution in [1.29, 1.82) is 0 Å². The molecule has 22 heavy (non-hydrogen) atoms. The van der Waals surface area contributed by atoms with Gasteiger partial charge in [-0.2, -0.15) is 10.2 Å². The fraction of sp³-hybridized carbons (Fsp3) is 0.167. The Morgan fingerprint density at radius 2 is 1.45 bits per heavy atom. The molecule has 0 atom stereocenters. The second-order valence-corrected chi connectivity index (χ2v) is 5.09. The Hall–Kier alpha value is -2.75. The molecule has 0 bridgehead atoms. The van der Waals surface area contributed by atoms with E-state index in [0.717, 1.165) is 11.1 Å². The molecule has 4 heteroatoms. The smallest absolute Gasteiger partial charge is 0.338 e. The highest BCUT2D eigenvalue weighted by Gasteiger charge is 2.47. The van der Waals surface area contributed by atoms with Crippen molar-refractivity contribution in [3.63, 3.8) is 0 Å². The predicted molar refractivity (Wildman–Crippen MR) is 83.2 cm³/mol. The lowest BCUT2D eigenvalue weighted by Crippen LogP contribution is -2.31. The van der Waals surface area contributed by atoms with E-state index in [2.05, 4.69) is 10.2 Å². The summed E-state index contributed by atoms with van der Waals surface area (Å²) in [6, 6.07) is 19.4. The van der Waals surface area contributed by atoms with Crippen LogP contribution in [0.4, 0.5) is 0 Å². The number of carbonyl (C=O) groups excluding carboxylic acids is 1. The maximum Gasteiger partial charge on any atom is 0.338 e. The molecule has 0 saturated carbocycles. The summed E-state index contributed by atoms with van der Waals surface area (Å²) >= 11 is 0. The number of hydrogen-bond acceptors (Lipinski definition) is 4. The topological polar surface area (TPSA) is 51.0 Å². The average Bonchev–Trinajstić information content (AvgIpc) is 2.94. The van der Waals surface area contributed by atoms with Crippen molar-refractivity contribution >= 4 is 5.97 Å². The molecule has 0 aliphatic carbocycles. The zero-order chi connectivity index (χ0) is 15.6. The third-order valence-electron chi connectivity index (χ3n) is 3.85. The van der Waals surface area contributed by atoms with E-state index < -0.39 is 11.5 Å². The highest BCUT2D eigenvalue weighted by atomic mass is 16.5. The summed E-state index contributed by atoms with van der Waals surface area (Å²) in [5, 5.41) is 8.69. The molecule has 110 valence electrons. The zero-order valence-electron chi connectivity index (χ0n) is 12.5. The van der Waals surface area contributed by atoms with Crippen molar-refractivity contribution in [1.82, 2.24) is 0 Å². The molecule has 0 fully saturated rings. The van der Waals surface area contributed by atoms with E-state index in [1.165, 1.54) is 7.11 Å². The summed E-state index contributed by atoms with van der Waals surface area (Å²) in [5.74, 6) is -0.407. The van der Waals surface area contributed by atoms with Gasteiger partial charge in [0.25, 0.3) is 0 Å². The molecular weight excluding hydrogens is 276 g/mol. The van der Waals surface area contributed by atoms with Gasteiger partial charge in [-0.25, -0.2) is 4.79 Å². The third-order valence-corrected chi connectivity index (χ3v) is 3.85. The van der Waals surface area contributed by atoms with E-state index in [9.17, 15) is 4.79 Å². The van der Waals surface area contributed by atoms with Gasteiger partial charge in [-0.05, 0) is 18.1 Å². The van der Waals surface area contributed by atoms with Gasteiger partial charge in [-0.15, -0.1) is 0 Å². The molecule has 0 N–H and O–H groups in total. The number of ether oxygens (including phenoxy) is 1. The molecule has 4 nitrogen and oxygen atoms in total. The van der Waals surface area contributed by atoms with Crippen molar-refractivity contribution in [3.8, 4) is 0 Å². The Kier molecular flexibility index (Phi) is 3.59. The number of esters is 1. The second kappa shape index (κ2) is 5.56. The first-order valence-corrected chi connectivity index (χ1v) is 7.04. The van der Waals surface area contributed by atoms with Gasteiger partial charge >= 0.3 is 5.97 Å². The largest absolute Gasteiger partial charge is 0.466 e. The summed E-state index contributed by atoms with van der Waals surface area (Å²) in [4.78, 5) is 12.4. The van der Waals surface area contributed by atoms with Gasteiger partial charge in [0.2, 0.25) is 0 Å². The van der Waals surface area contributed by atoms with Crippen molar-refractivity contribution in [2.24, 2.45) is 10.2 Å². The lowest BCUT2D eigenvalue weighted by Gasteiger charge is -2.28. The van der Waals surface area contributed by atoms with Crippen LogP contribution in [0.15, 0.2) is 82.2 Å². The average molecular weight is 292 g/mol. The lowest BCUT2D eigenvalue weighted by atomic mass is 9.77. The van der Waals surface area contributed by atoms with Crippen LogP contribution >= 0.6 is 0 Å². The van der Waals surface area contributed by atoms with Crippen LogP contribution in [0.1, 0.15) is 18.1 Å². The molecule has 1 aliphatic heterocycles. The van der Waals surface area contributed by atoms with Gasteiger partial charge < -0.3 is 4.74 Å². The van der Waals surface area contributed by atoms with Gasteiger partial charge in [0.15, 0.2) is 5.54 Å². The molecule has 0 aromatic heterocycles. The van der Waals surface area contributed by atoms with Gasteiger partial charge in [0, 0.05) is 0 Å². The molecule has 2 aromatic carbocycles. The number of carbonyl (C=O) groups is 1. The van der Waals surface area contributed by atoms with Crippen molar-refractivity contribution < 1.29 is 9.53 Å². The van der Waals surface area contributed by atoms with Gasteiger partial charge in [0.1, 0.15) is 0 Å². The van der Waals surface area contributed by atoms with Gasteiger partial charge in [-0.3, -0.25) is 0 Å². The van der Waals surface area contributed by atoms with Crippen LogP contribution in [0.5, 0.6) is 0 Å². The Labute approximate surface area is 129 Å². The highest BCUT2D eigenvalue weighted by Crippen LogP contribution is 2.46. The van der Waals surface area contributed by atoms with Crippen LogP contribution in [-0.4, -0.2) is 13.1 Å². The zero-order valence-corrected chi connectivity index (χ0v) is 12.5. The Balaban J connectivity index is 2.31. The summed E-state index contributed by atoms with van der Waals surface area (Å²) in [6.45, 7) is 1.78. The van der Waals surface area contributed by atoms with Gasteiger partial charge in [-0.1, -0.05) is 60.7 Å². The molecule has 1 aliphatic rings. The van der Waals surface area contributed by atoms with E-state index in [0.29, 0.717) is 11.3 Å². The SMILES string of the molecule is COC(=O)C1=C(C)N=NC1(c1ccccc1)c1ccccc1. The highest BCUT2D eigenvalue weighted by molar-refractivity contribution is 5.94. The van der Waals surface area contributed by atoms with Crippen LogP contribution < -0.4 is 0 Å². The number of rotatable bonds is 3. The fourth-order valence-electron chi connectivity index (χ4n) is 2.84. The number of allylic oxidation sites excluding steroid dienone is 1. The van der Waals surface area contributed by atoms with E-state index in [1.807, 2.05) is 60.7 Å². The molecule has 1 heterocycles. The molecule has 0 radical (unpaired) electrons. The summed E-state index contributed by atoms with van der Waals surface area (Å²) in [7, 11) is 1.38. The third kappa shape index (κ3) is 2.04. The maximum absolute atomic E-state index is 12.4. The summed E-state index contributed by atoms with van der Waals surface area (Å²) < 4.78 is 4.99. The van der Waals surface area contributed by atoms with Crippen LogP contribution in [0, 0.1) is 0 Å². The minimum Gasteiger partial charge on any atom is -0.466 e. The van der Waals surface area contributed by atoms with Crippen LogP contribution in [0.2, 0.25) is 0 Å². The first-order valence-electron chi connectivity index (χ1n) is 7.04. The van der Waals surface area contributed by atoms with Crippen molar-refractivity contribution in [3.05, 3.63) is 83.1 Å². The molecular formula is C18H16N2O2. The van der Waals surface area contributed by atoms with E-state index in [4.69, 9.17) is 4.74 Å². The van der Waals surface area contributed by atoms with Crippen LogP contribution in [0.25, 0.3) is 0 Å². The van der Waals surface area contributed by atoms with Crippen LogP contribution in [0.3, 0.4) is 0 Å². The quantitative estimate of drug-likeness (QED) is 0.807. The minimum absolute atomic E-state index is 0.407. The number of hydrogen-bond donors (Lipinski definition) is 0. The second-order valence-electron chi connectivity index (χ2n) is 5.09. The van der Waals surface area contributed by atoms with Gasteiger partial charge in [0.05, 0.1) is 18.4 Å². The lowest BCUT2D eigenvalue weighted by molar-refractivity contribution is -0.136. The number of azo groups is 1. The van der Waals surface area contributed by atoms with E-state index >= 15 is 0 Å². The summed E-state index contributed by atoms with van der Waals surface area (Å²) in [6.07, 6.45) is 0. The van der Waals surface area contributed by atoms with Crippen LogP contribution in [-0.2, 0) is 15.1 Å². The molecule has 0 amide bonds. The van der Waals surface area contributed by atoms with Crippen molar-refractivity contribution in [2.75, 3.05) is 7.11 Å². The molecule has 0 unspecified atom stereocenters. The van der Waals surface area contributed by atoms with Crippen molar-refractivity contribution in [2.45, 2.75) is 12.5 Å².